The van der Waals surface area contributed by atoms with Crippen molar-refractivity contribution in [1.82, 2.24) is 5.32 Å². The van der Waals surface area contributed by atoms with E-state index in [0.29, 0.717) is 12.0 Å². The number of hydrogen-bond donors (Lipinski definition) is 1. The molecule has 0 bridgehead atoms. The Kier molecular flexibility index (Phi) is 4.35. The largest absolute Gasteiger partial charge is 0.463 e. The number of rotatable bonds is 5. The van der Waals surface area contributed by atoms with Gasteiger partial charge in [0.05, 0.1) is 0 Å². The summed E-state index contributed by atoms with van der Waals surface area (Å²) in [5, 5.41) is 4.73. The molecular formula is C16H17NO3. The Morgan fingerprint density at radius 1 is 1.30 bits per heavy atom. The Morgan fingerprint density at radius 3 is 2.80 bits per heavy atom. The van der Waals surface area contributed by atoms with Gasteiger partial charge in [-0.15, -0.1) is 0 Å². The van der Waals surface area contributed by atoms with Gasteiger partial charge in [-0.1, -0.05) is 24.3 Å². The van der Waals surface area contributed by atoms with Crippen molar-refractivity contribution in [3.8, 4) is 0 Å². The number of carbonyl (C=O) groups is 2. The maximum atomic E-state index is 12.1. The SMILES string of the molecule is CC(C)NC(=O)c1cccc2cc(COC=O)ccc12. The van der Waals surface area contributed by atoms with Crippen molar-refractivity contribution in [2.45, 2.75) is 26.5 Å². The zero-order valence-corrected chi connectivity index (χ0v) is 11.6. The third-order valence-electron chi connectivity index (χ3n) is 2.93. The maximum Gasteiger partial charge on any atom is 0.293 e. The highest BCUT2D eigenvalue weighted by molar-refractivity contribution is 6.07. The lowest BCUT2D eigenvalue weighted by Crippen LogP contribution is -2.30. The van der Waals surface area contributed by atoms with Gasteiger partial charge in [-0.2, -0.15) is 0 Å². The summed E-state index contributed by atoms with van der Waals surface area (Å²) in [5.41, 5.74) is 1.55. The molecule has 1 N–H and O–H groups in total. The van der Waals surface area contributed by atoms with Crippen molar-refractivity contribution >= 4 is 23.2 Å². The minimum absolute atomic E-state index is 0.0810. The minimum Gasteiger partial charge on any atom is -0.463 e. The van der Waals surface area contributed by atoms with E-state index in [9.17, 15) is 9.59 Å². The molecule has 4 heteroatoms. The fraction of sp³-hybridized carbons (Fsp3) is 0.250. The summed E-state index contributed by atoms with van der Waals surface area (Å²) in [6, 6.07) is 11.4. The first-order valence-electron chi connectivity index (χ1n) is 6.49. The van der Waals surface area contributed by atoms with E-state index in [2.05, 4.69) is 5.32 Å². The predicted octanol–water partition coefficient (Wildman–Crippen LogP) is 2.65. The van der Waals surface area contributed by atoms with E-state index in [1.54, 1.807) is 0 Å². The van der Waals surface area contributed by atoms with Crippen LogP contribution in [0, 0.1) is 0 Å². The van der Waals surface area contributed by atoms with Crippen LogP contribution >= 0.6 is 0 Å². The van der Waals surface area contributed by atoms with Gasteiger partial charge < -0.3 is 10.1 Å². The van der Waals surface area contributed by atoms with Crippen molar-refractivity contribution in [2.75, 3.05) is 0 Å². The third-order valence-corrected chi connectivity index (χ3v) is 2.93. The molecule has 0 heterocycles. The Balaban J connectivity index is 2.38. The highest BCUT2D eigenvalue weighted by atomic mass is 16.5. The first-order valence-corrected chi connectivity index (χ1v) is 6.49. The lowest BCUT2D eigenvalue weighted by Gasteiger charge is -2.11. The molecule has 2 aromatic carbocycles. The molecule has 2 rings (SSSR count). The summed E-state index contributed by atoms with van der Waals surface area (Å²) in [7, 11) is 0. The van der Waals surface area contributed by atoms with Gasteiger partial charge in [0, 0.05) is 11.6 Å². The molecule has 0 aliphatic rings. The number of fused-ring (bicyclic) bond motifs is 1. The Bertz CT molecular complexity index is 635. The van der Waals surface area contributed by atoms with Gasteiger partial charge >= 0.3 is 0 Å². The van der Waals surface area contributed by atoms with Crippen LogP contribution < -0.4 is 5.32 Å². The van der Waals surface area contributed by atoms with Crippen molar-refractivity contribution in [3.63, 3.8) is 0 Å². The predicted molar refractivity (Wildman–Crippen MR) is 77.4 cm³/mol. The Hall–Kier alpha value is -2.36. The van der Waals surface area contributed by atoms with E-state index in [0.717, 1.165) is 16.3 Å². The Labute approximate surface area is 117 Å². The number of carbonyl (C=O) groups excluding carboxylic acids is 2. The van der Waals surface area contributed by atoms with Gasteiger partial charge in [0.1, 0.15) is 6.61 Å². The average Bonchev–Trinajstić information content (AvgIpc) is 2.43. The number of amides is 1. The molecule has 0 radical (unpaired) electrons. The molecule has 1 amide bonds. The Morgan fingerprint density at radius 2 is 2.10 bits per heavy atom. The number of hydrogen-bond acceptors (Lipinski definition) is 3. The maximum absolute atomic E-state index is 12.1. The van der Waals surface area contributed by atoms with Crippen molar-refractivity contribution < 1.29 is 14.3 Å². The molecule has 0 fully saturated rings. The van der Waals surface area contributed by atoms with Gasteiger partial charge in [0.15, 0.2) is 0 Å². The van der Waals surface area contributed by atoms with E-state index >= 15 is 0 Å². The molecule has 2 aromatic rings. The monoisotopic (exact) mass is 271 g/mol. The molecule has 4 nitrogen and oxygen atoms in total. The van der Waals surface area contributed by atoms with Crippen LogP contribution in [0.3, 0.4) is 0 Å². The highest BCUT2D eigenvalue weighted by Crippen LogP contribution is 2.21. The van der Waals surface area contributed by atoms with Crippen molar-refractivity contribution in [1.29, 1.82) is 0 Å². The van der Waals surface area contributed by atoms with Crippen LogP contribution in [0.15, 0.2) is 36.4 Å². The van der Waals surface area contributed by atoms with Crippen molar-refractivity contribution in [3.05, 3.63) is 47.5 Å². The van der Waals surface area contributed by atoms with Crippen molar-refractivity contribution in [2.24, 2.45) is 0 Å². The molecule has 0 aromatic heterocycles. The third kappa shape index (κ3) is 3.15. The van der Waals surface area contributed by atoms with E-state index in [4.69, 9.17) is 4.74 Å². The number of benzene rings is 2. The lowest BCUT2D eigenvalue weighted by molar-refractivity contribution is -0.129. The summed E-state index contributed by atoms with van der Waals surface area (Å²) in [6.45, 7) is 4.52. The second-order valence-electron chi connectivity index (χ2n) is 4.90. The van der Waals surface area contributed by atoms with Gasteiger partial charge in [0.2, 0.25) is 0 Å². The molecular weight excluding hydrogens is 254 g/mol. The first kappa shape index (κ1) is 14.1. The molecule has 0 aliphatic heterocycles. The average molecular weight is 271 g/mol. The van der Waals surface area contributed by atoms with Crippen LogP contribution in [-0.2, 0) is 16.1 Å². The molecule has 104 valence electrons. The van der Waals surface area contributed by atoms with Crippen LogP contribution in [0.25, 0.3) is 10.8 Å². The fourth-order valence-electron chi connectivity index (χ4n) is 2.09. The molecule has 0 unspecified atom stereocenters. The van der Waals surface area contributed by atoms with Crippen LogP contribution in [0.5, 0.6) is 0 Å². The van der Waals surface area contributed by atoms with Crippen LogP contribution in [0.2, 0.25) is 0 Å². The summed E-state index contributed by atoms with van der Waals surface area (Å²) in [4.78, 5) is 22.4. The van der Waals surface area contributed by atoms with E-state index < -0.39 is 0 Å². The number of nitrogens with one attached hydrogen (secondary N) is 1. The second-order valence-corrected chi connectivity index (χ2v) is 4.90. The topological polar surface area (TPSA) is 55.4 Å². The second kappa shape index (κ2) is 6.19. The van der Waals surface area contributed by atoms with E-state index in [1.807, 2.05) is 50.2 Å². The smallest absolute Gasteiger partial charge is 0.293 e. The van der Waals surface area contributed by atoms with E-state index in [1.165, 1.54) is 0 Å². The highest BCUT2D eigenvalue weighted by Gasteiger charge is 2.10. The molecule has 0 spiro atoms. The quantitative estimate of drug-likeness (QED) is 0.851. The molecule has 0 saturated heterocycles. The summed E-state index contributed by atoms with van der Waals surface area (Å²) in [6.07, 6.45) is 0. The molecule has 0 aliphatic carbocycles. The summed E-state index contributed by atoms with van der Waals surface area (Å²) < 4.78 is 4.74. The van der Waals surface area contributed by atoms with E-state index in [-0.39, 0.29) is 18.6 Å². The first-order chi connectivity index (χ1) is 9.61. The van der Waals surface area contributed by atoms with Crippen LogP contribution in [0.4, 0.5) is 0 Å². The fourth-order valence-corrected chi connectivity index (χ4v) is 2.09. The molecule has 20 heavy (non-hydrogen) atoms. The zero-order chi connectivity index (χ0) is 14.5. The normalized spacial score (nSPS) is 10.6. The molecule has 0 atom stereocenters. The number of ether oxygens (including phenoxy) is 1. The van der Waals surface area contributed by atoms with Crippen LogP contribution in [-0.4, -0.2) is 18.4 Å². The minimum atomic E-state index is -0.0810. The molecule has 0 saturated carbocycles. The van der Waals surface area contributed by atoms with Gasteiger partial charge in [-0.05, 0) is 42.3 Å². The van der Waals surface area contributed by atoms with Gasteiger partial charge in [-0.3, -0.25) is 9.59 Å². The lowest BCUT2D eigenvalue weighted by atomic mass is 10.0. The standard InChI is InChI=1S/C16H17NO3/c1-11(2)17-16(19)15-5-3-4-13-8-12(9-20-10-18)6-7-14(13)15/h3-8,10-11H,9H2,1-2H3,(H,17,19). The van der Waals surface area contributed by atoms with Gasteiger partial charge in [-0.25, -0.2) is 0 Å². The van der Waals surface area contributed by atoms with Gasteiger partial charge in [0.25, 0.3) is 12.4 Å². The van der Waals surface area contributed by atoms with Crippen LogP contribution in [0.1, 0.15) is 29.8 Å². The summed E-state index contributed by atoms with van der Waals surface area (Å²) >= 11 is 0. The zero-order valence-electron chi connectivity index (χ0n) is 11.6. The summed E-state index contributed by atoms with van der Waals surface area (Å²) in [5.74, 6) is -0.0810.